The molecule has 34 heavy (non-hydrogen) atoms. The summed E-state index contributed by atoms with van der Waals surface area (Å²) < 4.78 is 55.4. The Morgan fingerprint density at radius 1 is 1.32 bits per heavy atom. The van der Waals surface area contributed by atoms with Crippen LogP contribution in [0.2, 0.25) is 0 Å². The van der Waals surface area contributed by atoms with Gasteiger partial charge in [0.1, 0.15) is 11.7 Å². The summed E-state index contributed by atoms with van der Waals surface area (Å²) in [6.07, 6.45) is -3.82. The molecule has 1 aromatic rings. The van der Waals surface area contributed by atoms with Crippen molar-refractivity contribution in [2.45, 2.75) is 37.9 Å². The van der Waals surface area contributed by atoms with Crippen LogP contribution < -0.4 is 11.1 Å². The van der Waals surface area contributed by atoms with Gasteiger partial charge < -0.3 is 16.0 Å². The van der Waals surface area contributed by atoms with Crippen LogP contribution in [-0.2, 0) is 11.2 Å². The average molecular weight is 484 g/mol. The molecule has 7 nitrogen and oxygen atoms in total. The molecule has 1 fully saturated rings. The Balaban J connectivity index is 2.12. The van der Waals surface area contributed by atoms with Crippen molar-refractivity contribution in [3.05, 3.63) is 47.9 Å². The maximum atomic E-state index is 14.1. The SMILES string of the molecule is C=CN=C(N=C)C(CC(=O)NCC(Cc1ccc(C(N)=O)c(F)c1)N(C)C)C1(C(F)(F)F)CC1. The number of primary amides is 1. The number of aliphatic imine (C=N–C) groups is 2. The summed E-state index contributed by atoms with van der Waals surface area (Å²) in [6.45, 7) is 6.81. The highest BCUT2D eigenvalue weighted by Gasteiger charge is 2.68. The van der Waals surface area contributed by atoms with Crippen molar-refractivity contribution in [2.75, 3.05) is 20.6 Å². The lowest BCUT2D eigenvalue weighted by molar-refractivity contribution is -0.196. The molecule has 11 heteroatoms. The lowest BCUT2D eigenvalue weighted by Gasteiger charge is -2.29. The van der Waals surface area contributed by atoms with Gasteiger partial charge in [-0.1, -0.05) is 12.6 Å². The van der Waals surface area contributed by atoms with Crippen molar-refractivity contribution < 1.29 is 27.2 Å². The van der Waals surface area contributed by atoms with Crippen LogP contribution >= 0.6 is 0 Å². The molecule has 2 amide bonds. The number of rotatable bonds is 11. The van der Waals surface area contributed by atoms with Gasteiger partial charge in [0, 0.05) is 31.1 Å². The molecular formula is C23H29F4N5O2. The van der Waals surface area contributed by atoms with Gasteiger partial charge in [0.05, 0.1) is 11.0 Å². The molecule has 2 atom stereocenters. The number of hydrogen-bond acceptors (Lipinski definition) is 4. The second kappa shape index (κ2) is 10.9. The molecule has 0 saturated heterocycles. The molecule has 3 N–H and O–H groups in total. The Hall–Kier alpha value is -3.08. The second-order valence-corrected chi connectivity index (χ2v) is 8.54. The Morgan fingerprint density at radius 2 is 1.97 bits per heavy atom. The van der Waals surface area contributed by atoms with Crippen molar-refractivity contribution >= 4 is 24.4 Å². The third-order valence-electron chi connectivity index (χ3n) is 6.14. The summed E-state index contributed by atoms with van der Waals surface area (Å²) in [5, 5.41) is 2.67. The monoisotopic (exact) mass is 483 g/mol. The van der Waals surface area contributed by atoms with E-state index in [2.05, 4.69) is 28.6 Å². The van der Waals surface area contributed by atoms with Gasteiger partial charge in [-0.15, -0.1) is 0 Å². The highest BCUT2D eigenvalue weighted by atomic mass is 19.4. The van der Waals surface area contributed by atoms with Gasteiger partial charge in [0.15, 0.2) is 0 Å². The number of amidine groups is 1. The van der Waals surface area contributed by atoms with E-state index in [0.717, 1.165) is 6.20 Å². The van der Waals surface area contributed by atoms with Crippen molar-refractivity contribution in [2.24, 2.45) is 27.1 Å². The zero-order valence-electron chi connectivity index (χ0n) is 19.2. The number of benzene rings is 1. The van der Waals surface area contributed by atoms with Crippen LogP contribution in [0.1, 0.15) is 35.2 Å². The van der Waals surface area contributed by atoms with Gasteiger partial charge in [0.25, 0.3) is 5.91 Å². The quantitative estimate of drug-likeness (QED) is 0.287. The van der Waals surface area contributed by atoms with Crippen LogP contribution in [0.3, 0.4) is 0 Å². The minimum absolute atomic E-state index is 0.103. The van der Waals surface area contributed by atoms with E-state index in [9.17, 15) is 27.2 Å². The Kier molecular flexibility index (Phi) is 8.71. The Morgan fingerprint density at radius 3 is 2.41 bits per heavy atom. The predicted molar refractivity (Wildman–Crippen MR) is 122 cm³/mol. The van der Waals surface area contributed by atoms with E-state index in [-0.39, 0.29) is 36.8 Å². The molecule has 0 aromatic heterocycles. The third-order valence-corrected chi connectivity index (χ3v) is 6.14. The number of likely N-dealkylation sites (N-methyl/N-ethyl adjacent to an activating group) is 1. The van der Waals surface area contributed by atoms with Gasteiger partial charge in [-0.3, -0.25) is 9.59 Å². The number of hydrogen-bond donors (Lipinski definition) is 2. The molecule has 0 radical (unpaired) electrons. The van der Waals surface area contributed by atoms with Crippen LogP contribution in [0, 0.1) is 17.2 Å². The second-order valence-electron chi connectivity index (χ2n) is 8.54. The van der Waals surface area contributed by atoms with E-state index in [4.69, 9.17) is 5.73 Å². The largest absolute Gasteiger partial charge is 0.395 e. The zero-order chi connectivity index (χ0) is 25.7. The molecule has 0 heterocycles. The first-order chi connectivity index (χ1) is 15.9. The maximum absolute atomic E-state index is 14.1. The summed E-state index contributed by atoms with van der Waals surface area (Å²) in [7, 11) is 3.51. The van der Waals surface area contributed by atoms with Crippen molar-refractivity contribution in [1.82, 2.24) is 10.2 Å². The Bertz CT molecular complexity index is 971. The summed E-state index contributed by atoms with van der Waals surface area (Å²) in [5.41, 5.74) is 3.40. The first kappa shape index (κ1) is 27.2. The normalized spacial score (nSPS) is 17.1. The Labute approximate surface area is 195 Å². The van der Waals surface area contributed by atoms with Gasteiger partial charge >= 0.3 is 6.18 Å². The lowest BCUT2D eigenvalue weighted by atomic mass is 9.84. The smallest absolute Gasteiger partial charge is 0.366 e. The number of nitrogens with zero attached hydrogens (tertiary/aromatic N) is 3. The molecule has 186 valence electrons. The van der Waals surface area contributed by atoms with E-state index in [0.29, 0.717) is 12.0 Å². The summed E-state index contributed by atoms with van der Waals surface area (Å²) >= 11 is 0. The topological polar surface area (TPSA) is 100 Å². The number of carbonyl (C=O) groups excluding carboxylic acids is 2. The van der Waals surface area contributed by atoms with Gasteiger partial charge in [-0.05, 0) is 57.8 Å². The van der Waals surface area contributed by atoms with Crippen LogP contribution in [0.15, 0.2) is 41.0 Å². The van der Waals surface area contributed by atoms with Gasteiger partial charge in [-0.2, -0.15) is 13.2 Å². The average Bonchev–Trinajstić information content (AvgIpc) is 3.55. The van der Waals surface area contributed by atoms with E-state index < -0.39 is 41.6 Å². The number of amides is 2. The van der Waals surface area contributed by atoms with Crippen LogP contribution in [0.4, 0.5) is 17.6 Å². The van der Waals surface area contributed by atoms with Crippen LogP contribution in [-0.4, -0.2) is 62.1 Å². The molecule has 0 bridgehead atoms. The molecule has 2 unspecified atom stereocenters. The fraction of sp³-hybridized carbons (Fsp3) is 0.478. The highest BCUT2D eigenvalue weighted by molar-refractivity contribution is 5.94. The third kappa shape index (κ3) is 6.28. The molecule has 1 saturated carbocycles. The number of carbonyl (C=O) groups is 2. The standard InChI is InChI=1S/C23H29F4N5O2/c1-5-30-21(29-2)17(22(8-9-22)23(25,26)27)12-19(33)31-13-15(32(3)4)10-14-6-7-16(20(28)34)18(24)11-14/h5-7,11,15,17H,1-2,8-10,12-13H2,3-4H3,(H2,28,34)(H,31,33). The molecule has 1 aromatic carbocycles. The summed E-state index contributed by atoms with van der Waals surface area (Å²) in [4.78, 5) is 33.1. The fourth-order valence-electron chi connectivity index (χ4n) is 3.92. The van der Waals surface area contributed by atoms with Crippen molar-refractivity contribution in [3.63, 3.8) is 0 Å². The highest BCUT2D eigenvalue weighted by Crippen LogP contribution is 2.63. The molecule has 2 rings (SSSR count). The number of alkyl halides is 3. The van der Waals surface area contributed by atoms with Crippen molar-refractivity contribution in [3.8, 4) is 0 Å². The summed E-state index contributed by atoms with van der Waals surface area (Å²) in [6, 6.07) is 3.75. The molecule has 0 spiro atoms. The van der Waals surface area contributed by atoms with Crippen LogP contribution in [0.25, 0.3) is 0 Å². The van der Waals surface area contributed by atoms with E-state index >= 15 is 0 Å². The van der Waals surface area contributed by atoms with E-state index in [1.807, 2.05) is 0 Å². The number of nitrogens with two attached hydrogens (primary N) is 1. The van der Waals surface area contributed by atoms with Gasteiger partial charge in [0.2, 0.25) is 5.91 Å². The van der Waals surface area contributed by atoms with E-state index in [1.54, 1.807) is 25.1 Å². The fourth-order valence-corrected chi connectivity index (χ4v) is 3.92. The number of halogens is 4. The first-order valence-electron chi connectivity index (χ1n) is 10.6. The predicted octanol–water partition coefficient (Wildman–Crippen LogP) is 3.10. The minimum atomic E-state index is -4.52. The first-order valence-corrected chi connectivity index (χ1v) is 10.6. The van der Waals surface area contributed by atoms with E-state index in [1.165, 1.54) is 12.1 Å². The summed E-state index contributed by atoms with van der Waals surface area (Å²) in [5.74, 6) is -3.67. The van der Waals surface area contributed by atoms with Crippen LogP contribution in [0.5, 0.6) is 0 Å². The number of nitrogens with one attached hydrogen (secondary N) is 1. The van der Waals surface area contributed by atoms with Crippen molar-refractivity contribution in [1.29, 1.82) is 0 Å². The molecule has 1 aliphatic rings. The maximum Gasteiger partial charge on any atom is 0.395 e. The molecule has 0 aliphatic heterocycles. The lowest BCUT2D eigenvalue weighted by Crippen LogP contribution is -2.44. The van der Waals surface area contributed by atoms with Gasteiger partial charge in [-0.25, -0.2) is 14.4 Å². The zero-order valence-corrected chi connectivity index (χ0v) is 19.2. The molecular weight excluding hydrogens is 454 g/mol. The molecule has 1 aliphatic carbocycles. The minimum Gasteiger partial charge on any atom is -0.366 e.